The van der Waals surface area contributed by atoms with Crippen molar-refractivity contribution in [3.63, 3.8) is 0 Å². The van der Waals surface area contributed by atoms with E-state index in [1.165, 1.54) is 51.4 Å². The van der Waals surface area contributed by atoms with Crippen molar-refractivity contribution in [2.45, 2.75) is 125 Å². The number of esters is 2. The Labute approximate surface area is 180 Å². The second kappa shape index (κ2) is 17.8. The Balaban J connectivity index is 4.16. The highest BCUT2D eigenvalue weighted by Crippen LogP contribution is 2.30. The molecule has 0 heterocycles. The van der Waals surface area contributed by atoms with Gasteiger partial charge in [0.2, 0.25) is 0 Å². The van der Waals surface area contributed by atoms with Crippen LogP contribution in [0.2, 0.25) is 0 Å². The van der Waals surface area contributed by atoms with Gasteiger partial charge in [0.1, 0.15) is 0 Å². The molecular formula is C25H48O4. The summed E-state index contributed by atoms with van der Waals surface area (Å²) in [6.07, 6.45) is 15.2. The van der Waals surface area contributed by atoms with Gasteiger partial charge < -0.3 is 9.47 Å². The Hall–Kier alpha value is -1.06. The van der Waals surface area contributed by atoms with E-state index in [9.17, 15) is 9.59 Å². The van der Waals surface area contributed by atoms with Crippen molar-refractivity contribution in [1.82, 2.24) is 0 Å². The first-order valence-electron chi connectivity index (χ1n) is 12.4. The van der Waals surface area contributed by atoms with E-state index < -0.39 is 17.4 Å². The third-order valence-corrected chi connectivity index (χ3v) is 6.32. The lowest BCUT2D eigenvalue weighted by atomic mass is 9.82. The quantitative estimate of drug-likeness (QED) is 0.127. The lowest BCUT2D eigenvalue weighted by Crippen LogP contribution is -2.41. The topological polar surface area (TPSA) is 52.6 Å². The predicted molar refractivity (Wildman–Crippen MR) is 121 cm³/mol. The Morgan fingerprint density at radius 2 is 1.10 bits per heavy atom. The summed E-state index contributed by atoms with van der Waals surface area (Å²) in [5.41, 5.74) is -1.15. The van der Waals surface area contributed by atoms with Crippen molar-refractivity contribution in [1.29, 1.82) is 0 Å². The number of hydrogen-bond acceptors (Lipinski definition) is 4. The van der Waals surface area contributed by atoms with Crippen LogP contribution in [0.3, 0.4) is 0 Å². The molecule has 4 heteroatoms. The lowest BCUT2D eigenvalue weighted by Gasteiger charge is -2.27. The van der Waals surface area contributed by atoms with Crippen LogP contribution in [0.4, 0.5) is 0 Å². The summed E-state index contributed by atoms with van der Waals surface area (Å²) in [6.45, 7) is 10.9. The molecule has 29 heavy (non-hydrogen) atoms. The summed E-state index contributed by atoms with van der Waals surface area (Å²) in [6, 6.07) is 0. The van der Waals surface area contributed by atoms with Crippen molar-refractivity contribution in [2.75, 3.05) is 13.2 Å². The van der Waals surface area contributed by atoms with Crippen LogP contribution in [-0.2, 0) is 19.1 Å². The first-order valence-corrected chi connectivity index (χ1v) is 12.4. The Kier molecular flexibility index (Phi) is 17.1. The van der Waals surface area contributed by atoms with Crippen LogP contribution in [0.15, 0.2) is 0 Å². The Morgan fingerprint density at radius 3 is 1.55 bits per heavy atom. The van der Waals surface area contributed by atoms with E-state index in [0.717, 1.165) is 25.7 Å². The number of carbonyl (C=O) groups excluding carboxylic acids is 2. The van der Waals surface area contributed by atoms with E-state index in [2.05, 4.69) is 20.8 Å². The average Bonchev–Trinajstić information content (AvgIpc) is 2.74. The molecule has 0 saturated carbocycles. The zero-order chi connectivity index (χ0) is 22.0. The minimum Gasteiger partial charge on any atom is -0.465 e. The lowest BCUT2D eigenvalue weighted by molar-refractivity contribution is -0.174. The normalized spacial score (nSPS) is 11.7. The molecular weight excluding hydrogens is 364 g/mol. The number of carbonyl (C=O) groups is 2. The second-order valence-corrected chi connectivity index (χ2v) is 8.39. The molecule has 0 aliphatic heterocycles. The van der Waals surface area contributed by atoms with E-state index in [1.54, 1.807) is 0 Å². The molecule has 0 aliphatic carbocycles. The van der Waals surface area contributed by atoms with Gasteiger partial charge in [0.25, 0.3) is 0 Å². The molecule has 0 spiro atoms. The van der Waals surface area contributed by atoms with E-state index in [1.807, 2.05) is 13.8 Å². The highest BCUT2D eigenvalue weighted by molar-refractivity contribution is 5.99. The van der Waals surface area contributed by atoms with Gasteiger partial charge in [-0.2, -0.15) is 0 Å². The highest BCUT2D eigenvalue weighted by Gasteiger charge is 2.46. The molecule has 4 nitrogen and oxygen atoms in total. The summed E-state index contributed by atoms with van der Waals surface area (Å²) in [7, 11) is 0. The zero-order valence-corrected chi connectivity index (χ0v) is 20.0. The van der Waals surface area contributed by atoms with Gasteiger partial charge in [-0.05, 0) is 25.2 Å². The summed E-state index contributed by atoms with van der Waals surface area (Å²) >= 11 is 0. The largest absolute Gasteiger partial charge is 0.465 e. The van der Waals surface area contributed by atoms with Crippen LogP contribution in [0.25, 0.3) is 0 Å². The fourth-order valence-corrected chi connectivity index (χ4v) is 3.66. The predicted octanol–water partition coefficient (Wildman–Crippen LogP) is 7.24. The van der Waals surface area contributed by atoms with Gasteiger partial charge in [-0.1, -0.05) is 105 Å². The van der Waals surface area contributed by atoms with Crippen LogP contribution in [-0.4, -0.2) is 25.2 Å². The third kappa shape index (κ3) is 11.1. The standard InChI is InChI=1S/C25H48O4/c1-6-11-12-13-14-15-16-17-18-19-20-28-23(26)25(9-4,10-5)24(27)29-21-22(7-2)8-3/h22H,6-21H2,1-5H3. The van der Waals surface area contributed by atoms with Crippen molar-refractivity contribution >= 4 is 11.9 Å². The van der Waals surface area contributed by atoms with E-state index in [4.69, 9.17) is 9.47 Å². The third-order valence-electron chi connectivity index (χ3n) is 6.32. The minimum atomic E-state index is -1.15. The molecule has 0 aromatic heterocycles. The van der Waals surface area contributed by atoms with Gasteiger partial charge in [-0.3, -0.25) is 9.59 Å². The second-order valence-electron chi connectivity index (χ2n) is 8.39. The molecule has 0 aromatic carbocycles. The maximum atomic E-state index is 12.7. The van der Waals surface area contributed by atoms with Gasteiger partial charge in [0, 0.05) is 0 Å². The van der Waals surface area contributed by atoms with Crippen molar-refractivity contribution in [3.8, 4) is 0 Å². The van der Waals surface area contributed by atoms with E-state index >= 15 is 0 Å². The maximum absolute atomic E-state index is 12.7. The number of rotatable bonds is 19. The Bertz CT molecular complexity index is 411. The molecule has 0 N–H and O–H groups in total. The minimum absolute atomic E-state index is 0.355. The molecule has 0 fully saturated rings. The molecule has 172 valence electrons. The monoisotopic (exact) mass is 412 g/mol. The molecule has 0 bridgehead atoms. The van der Waals surface area contributed by atoms with Crippen LogP contribution >= 0.6 is 0 Å². The summed E-state index contributed by atoms with van der Waals surface area (Å²) in [5.74, 6) is -0.469. The van der Waals surface area contributed by atoms with Crippen LogP contribution in [0, 0.1) is 11.3 Å². The summed E-state index contributed by atoms with van der Waals surface area (Å²) in [4.78, 5) is 25.4. The van der Waals surface area contributed by atoms with Crippen LogP contribution in [0.5, 0.6) is 0 Å². The van der Waals surface area contributed by atoms with Gasteiger partial charge >= 0.3 is 11.9 Å². The maximum Gasteiger partial charge on any atom is 0.323 e. The van der Waals surface area contributed by atoms with Gasteiger partial charge in [0.05, 0.1) is 13.2 Å². The molecule has 0 aliphatic rings. The van der Waals surface area contributed by atoms with Crippen molar-refractivity contribution in [3.05, 3.63) is 0 Å². The summed E-state index contributed by atoms with van der Waals surface area (Å²) in [5, 5.41) is 0. The molecule has 0 atom stereocenters. The number of ether oxygens (including phenoxy) is 2. The molecule has 0 saturated heterocycles. The first-order chi connectivity index (χ1) is 14.0. The first kappa shape index (κ1) is 27.9. The molecule has 0 unspecified atom stereocenters. The molecule has 0 rings (SSSR count). The SMILES string of the molecule is CCCCCCCCCCCCOC(=O)C(CC)(CC)C(=O)OCC(CC)CC. The van der Waals surface area contributed by atoms with Gasteiger partial charge in [0.15, 0.2) is 5.41 Å². The van der Waals surface area contributed by atoms with Crippen molar-refractivity contribution < 1.29 is 19.1 Å². The number of unbranched alkanes of at least 4 members (excludes halogenated alkanes) is 9. The van der Waals surface area contributed by atoms with Crippen molar-refractivity contribution in [2.24, 2.45) is 11.3 Å². The smallest absolute Gasteiger partial charge is 0.323 e. The zero-order valence-electron chi connectivity index (χ0n) is 20.0. The summed E-state index contributed by atoms with van der Waals surface area (Å²) < 4.78 is 11.0. The van der Waals surface area contributed by atoms with E-state index in [-0.39, 0.29) is 0 Å². The highest BCUT2D eigenvalue weighted by atomic mass is 16.6. The fraction of sp³-hybridized carbons (Fsp3) is 0.920. The van der Waals surface area contributed by atoms with E-state index in [0.29, 0.717) is 32.0 Å². The molecule has 0 aromatic rings. The molecule has 0 amide bonds. The van der Waals surface area contributed by atoms with Gasteiger partial charge in [-0.15, -0.1) is 0 Å². The molecule has 0 radical (unpaired) electrons. The fourth-order valence-electron chi connectivity index (χ4n) is 3.66. The van der Waals surface area contributed by atoms with Gasteiger partial charge in [-0.25, -0.2) is 0 Å². The van der Waals surface area contributed by atoms with Crippen LogP contribution in [0.1, 0.15) is 125 Å². The number of hydrogen-bond donors (Lipinski definition) is 0. The van der Waals surface area contributed by atoms with Crippen LogP contribution < -0.4 is 0 Å². The Morgan fingerprint density at radius 1 is 0.655 bits per heavy atom. The average molecular weight is 413 g/mol.